The lowest BCUT2D eigenvalue weighted by molar-refractivity contribution is 0.244. The molecule has 0 unspecified atom stereocenters. The molecular weight excluding hydrogens is 136 g/mol. The van der Waals surface area contributed by atoms with Crippen molar-refractivity contribution in [3.05, 3.63) is 0 Å². The lowest BCUT2D eigenvalue weighted by Crippen LogP contribution is -2.29. The summed E-state index contributed by atoms with van der Waals surface area (Å²) in [6, 6.07) is 4.31. The normalized spacial score (nSPS) is 25.5. The minimum Gasteiger partial charge on any atom is -0.197 e. The molecular formula is C9H12N2. The summed E-state index contributed by atoms with van der Waals surface area (Å²) >= 11 is 0. The van der Waals surface area contributed by atoms with Crippen LogP contribution in [0.1, 0.15) is 33.1 Å². The van der Waals surface area contributed by atoms with E-state index in [1.165, 1.54) is 0 Å². The van der Waals surface area contributed by atoms with Gasteiger partial charge in [0.2, 0.25) is 0 Å². The van der Waals surface area contributed by atoms with Crippen LogP contribution in [0.5, 0.6) is 0 Å². The third-order valence-electron chi connectivity index (χ3n) is 2.89. The van der Waals surface area contributed by atoms with Crippen LogP contribution in [-0.4, -0.2) is 0 Å². The van der Waals surface area contributed by atoms with Gasteiger partial charge in [0.25, 0.3) is 0 Å². The summed E-state index contributed by atoms with van der Waals surface area (Å²) in [5, 5.41) is 17.8. The predicted molar refractivity (Wildman–Crippen MR) is 41.3 cm³/mol. The van der Waals surface area contributed by atoms with Crippen molar-refractivity contribution in [2.24, 2.45) is 10.8 Å². The summed E-state index contributed by atoms with van der Waals surface area (Å²) in [4.78, 5) is 0. The van der Waals surface area contributed by atoms with Gasteiger partial charge >= 0.3 is 0 Å². The minimum absolute atomic E-state index is 0.115. The van der Waals surface area contributed by atoms with Crippen LogP contribution in [0.25, 0.3) is 0 Å². The highest BCUT2D eigenvalue weighted by Crippen LogP contribution is 2.51. The minimum atomic E-state index is -0.715. The van der Waals surface area contributed by atoms with Crippen molar-refractivity contribution in [2.75, 3.05) is 0 Å². The maximum absolute atomic E-state index is 8.88. The molecule has 1 aliphatic carbocycles. The first kappa shape index (κ1) is 8.08. The molecule has 0 aromatic rings. The van der Waals surface area contributed by atoms with E-state index in [2.05, 4.69) is 12.1 Å². The average molecular weight is 148 g/mol. The Kier molecular flexibility index (Phi) is 1.64. The van der Waals surface area contributed by atoms with Gasteiger partial charge in [0.05, 0.1) is 12.1 Å². The van der Waals surface area contributed by atoms with Crippen LogP contribution in [0, 0.1) is 33.5 Å². The lowest BCUT2D eigenvalue weighted by atomic mass is 9.70. The fourth-order valence-electron chi connectivity index (χ4n) is 1.79. The molecule has 0 atom stereocenters. The molecule has 2 nitrogen and oxygen atoms in total. The van der Waals surface area contributed by atoms with Crippen LogP contribution in [0.3, 0.4) is 0 Å². The molecule has 0 aromatic heterocycles. The van der Waals surface area contributed by atoms with E-state index < -0.39 is 5.41 Å². The van der Waals surface area contributed by atoms with E-state index >= 15 is 0 Å². The smallest absolute Gasteiger partial charge is 0.148 e. The average Bonchev–Trinajstić information content (AvgIpc) is 2.26. The summed E-state index contributed by atoms with van der Waals surface area (Å²) < 4.78 is 0. The van der Waals surface area contributed by atoms with Crippen molar-refractivity contribution in [3.63, 3.8) is 0 Å². The molecule has 0 spiro atoms. The summed E-state index contributed by atoms with van der Waals surface area (Å²) in [6.07, 6.45) is 2.75. The van der Waals surface area contributed by atoms with Crippen LogP contribution in [-0.2, 0) is 0 Å². The van der Waals surface area contributed by atoms with Gasteiger partial charge in [-0.1, -0.05) is 20.3 Å². The quantitative estimate of drug-likeness (QED) is 0.528. The first-order chi connectivity index (χ1) is 5.08. The molecule has 58 valence electrons. The summed E-state index contributed by atoms with van der Waals surface area (Å²) in [7, 11) is 0. The molecule has 0 aromatic carbocycles. The molecule has 1 aliphatic rings. The second kappa shape index (κ2) is 2.24. The molecule has 0 aliphatic heterocycles. The van der Waals surface area contributed by atoms with Crippen molar-refractivity contribution in [1.29, 1.82) is 10.5 Å². The first-order valence-corrected chi connectivity index (χ1v) is 3.90. The number of hydrogen-bond acceptors (Lipinski definition) is 2. The van der Waals surface area contributed by atoms with Gasteiger partial charge in [-0.3, -0.25) is 0 Å². The molecule has 0 bridgehead atoms. The zero-order valence-electron chi connectivity index (χ0n) is 7.02. The molecule has 1 rings (SSSR count). The van der Waals surface area contributed by atoms with E-state index in [-0.39, 0.29) is 5.41 Å². The van der Waals surface area contributed by atoms with E-state index in [0.29, 0.717) is 0 Å². The van der Waals surface area contributed by atoms with Crippen LogP contribution >= 0.6 is 0 Å². The largest absolute Gasteiger partial charge is 0.197 e. The third kappa shape index (κ3) is 0.906. The first-order valence-electron chi connectivity index (χ1n) is 3.90. The van der Waals surface area contributed by atoms with Gasteiger partial charge in [0.15, 0.2) is 0 Å². The van der Waals surface area contributed by atoms with E-state index in [1.807, 2.05) is 13.8 Å². The Hall–Kier alpha value is -1.02. The number of hydrogen-bond donors (Lipinski definition) is 0. The Bertz CT molecular complexity index is 225. The highest BCUT2D eigenvalue weighted by molar-refractivity contribution is 5.22. The zero-order valence-corrected chi connectivity index (χ0v) is 7.02. The predicted octanol–water partition coefficient (Wildman–Crippen LogP) is 2.23. The van der Waals surface area contributed by atoms with Crippen LogP contribution in [0.15, 0.2) is 0 Å². The van der Waals surface area contributed by atoms with E-state index in [1.54, 1.807) is 0 Å². The molecule has 0 amide bonds. The number of rotatable bonds is 0. The van der Waals surface area contributed by atoms with Crippen molar-refractivity contribution in [3.8, 4) is 12.1 Å². The molecule has 11 heavy (non-hydrogen) atoms. The Labute approximate surface area is 67.4 Å². The van der Waals surface area contributed by atoms with Gasteiger partial charge in [0.1, 0.15) is 5.41 Å². The topological polar surface area (TPSA) is 47.6 Å². The second-order valence-electron chi connectivity index (χ2n) is 3.87. The molecule has 0 heterocycles. The van der Waals surface area contributed by atoms with Gasteiger partial charge in [0, 0.05) is 0 Å². The van der Waals surface area contributed by atoms with Crippen molar-refractivity contribution in [2.45, 2.75) is 33.1 Å². The van der Waals surface area contributed by atoms with Gasteiger partial charge in [-0.15, -0.1) is 0 Å². The third-order valence-corrected chi connectivity index (χ3v) is 2.89. The van der Waals surface area contributed by atoms with Crippen molar-refractivity contribution in [1.82, 2.24) is 0 Å². The maximum Gasteiger partial charge on any atom is 0.148 e. The fraction of sp³-hybridized carbons (Fsp3) is 0.778. The standard InChI is InChI=1S/C9H12N2/c1-8(2)4-3-5-9(8,6-10)7-11/h3-5H2,1-2H3. The van der Waals surface area contributed by atoms with E-state index in [9.17, 15) is 0 Å². The maximum atomic E-state index is 8.88. The molecule has 0 N–H and O–H groups in total. The second-order valence-corrected chi connectivity index (χ2v) is 3.87. The highest BCUT2D eigenvalue weighted by atomic mass is 14.5. The van der Waals surface area contributed by atoms with Crippen molar-refractivity contribution < 1.29 is 0 Å². The molecule has 0 saturated heterocycles. The number of nitrogens with zero attached hydrogens (tertiary/aromatic N) is 2. The zero-order chi connectivity index (χ0) is 8.54. The number of nitriles is 2. The summed E-state index contributed by atoms with van der Waals surface area (Å²) in [5.74, 6) is 0. The fourth-order valence-corrected chi connectivity index (χ4v) is 1.79. The van der Waals surface area contributed by atoms with Crippen LogP contribution < -0.4 is 0 Å². The Morgan fingerprint density at radius 1 is 1.09 bits per heavy atom. The summed E-state index contributed by atoms with van der Waals surface area (Å²) in [5.41, 5.74) is -0.830. The molecule has 1 fully saturated rings. The molecule has 1 saturated carbocycles. The van der Waals surface area contributed by atoms with Crippen molar-refractivity contribution >= 4 is 0 Å². The Morgan fingerprint density at radius 3 is 1.82 bits per heavy atom. The summed E-state index contributed by atoms with van der Waals surface area (Å²) in [6.45, 7) is 4.01. The van der Waals surface area contributed by atoms with Gasteiger partial charge < -0.3 is 0 Å². The highest BCUT2D eigenvalue weighted by Gasteiger charge is 2.49. The van der Waals surface area contributed by atoms with E-state index in [4.69, 9.17) is 10.5 Å². The van der Waals surface area contributed by atoms with Gasteiger partial charge in [-0.05, 0) is 18.3 Å². The Balaban J connectivity index is 3.05. The molecule has 0 radical (unpaired) electrons. The lowest BCUT2D eigenvalue weighted by Gasteiger charge is -2.28. The van der Waals surface area contributed by atoms with Crippen LogP contribution in [0.2, 0.25) is 0 Å². The van der Waals surface area contributed by atoms with Gasteiger partial charge in [-0.25, -0.2) is 0 Å². The van der Waals surface area contributed by atoms with Gasteiger partial charge in [-0.2, -0.15) is 10.5 Å². The SMILES string of the molecule is CC1(C)CCCC1(C#N)C#N. The Morgan fingerprint density at radius 2 is 1.64 bits per heavy atom. The monoisotopic (exact) mass is 148 g/mol. The molecule has 2 heteroatoms. The van der Waals surface area contributed by atoms with E-state index in [0.717, 1.165) is 19.3 Å². The van der Waals surface area contributed by atoms with Crippen LogP contribution in [0.4, 0.5) is 0 Å².